The third-order valence-electron chi connectivity index (χ3n) is 3.00. The van der Waals surface area contributed by atoms with Gasteiger partial charge in [-0.1, -0.05) is 12.1 Å². The Balaban J connectivity index is 2.39. The molecule has 0 aliphatic heterocycles. The van der Waals surface area contributed by atoms with E-state index >= 15 is 0 Å². The summed E-state index contributed by atoms with van der Waals surface area (Å²) in [6.45, 7) is 3.92. The van der Waals surface area contributed by atoms with Crippen LogP contribution in [0.1, 0.15) is 18.9 Å². The predicted molar refractivity (Wildman–Crippen MR) is 99.6 cm³/mol. The lowest BCUT2D eigenvalue weighted by molar-refractivity contribution is -0.119. The molecule has 0 aliphatic rings. The molecule has 1 aromatic rings. The fraction of sp³-hybridized carbons (Fsp3) is 0.412. The zero-order chi connectivity index (χ0) is 17.8. The first-order valence-corrected chi connectivity index (χ1v) is 8.19. The van der Waals surface area contributed by atoms with Crippen molar-refractivity contribution in [3.05, 3.63) is 35.9 Å². The maximum atomic E-state index is 11.9. The van der Waals surface area contributed by atoms with E-state index in [2.05, 4.69) is 10.7 Å². The van der Waals surface area contributed by atoms with E-state index in [9.17, 15) is 4.79 Å². The number of carbonyl (C=O) groups excluding carboxylic acids is 1. The summed E-state index contributed by atoms with van der Waals surface area (Å²) in [5.74, 6) is 0.552. The topological polar surface area (TPSA) is 62.8 Å². The van der Waals surface area contributed by atoms with E-state index in [0.29, 0.717) is 24.9 Å². The zero-order valence-corrected chi connectivity index (χ0v) is 15.2. The van der Waals surface area contributed by atoms with Crippen molar-refractivity contribution in [1.29, 1.82) is 0 Å². The molecular weight excluding hydrogens is 326 g/mol. The van der Waals surface area contributed by atoms with Crippen molar-refractivity contribution in [1.82, 2.24) is 15.8 Å². The predicted octanol–water partition coefficient (Wildman–Crippen LogP) is 1.97. The van der Waals surface area contributed by atoms with E-state index in [1.807, 2.05) is 31.2 Å². The summed E-state index contributed by atoms with van der Waals surface area (Å²) in [7, 11) is 3.34. The molecule has 0 atom stereocenters. The van der Waals surface area contributed by atoms with Crippen molar-refractivity contribution in [2.45, 2.75) is 13.3 Å². The molecule has 1 aromatic carbocycles. The number of nitrogens with zero attached hydrogens (tertiary/aromatic N) is 1. The Kier molecular flexibility index (Phi) is 9.48. The van der Waals surface area contributed by atoms with Crippen LogP contribution in [0.25, 0.3) is 6.08 Å². The van der Waals surface area contributed by atoms with Crippen LogP contribution in [0.5, 0.6) is 5.75 Å². The minimum atomic E-state index is -0.257. The lowest BCUT2D eigenvalue weighted by Gasteiger charge is -2.20. The highest BCUT2D eigenvalue weighted by Crippen LogP contribution is 2.12. The quantitative estimate of drug-likeness (QED) is 0.323. The molecule has 1 amide bonds. The van der Waals surface area contributed by atoms with Gasteiger partial charge in [-0.2, -0.15) is 0 Å². The summed E-state index contributed by atoms with van der Waals surface area (Å²) in [5.41, 5.74) is 3.58. The number of hydrogen-bond donors (Lipinski definition) is 2. The standard InChI is InChI=1S/C17H25N3O3S/c1-4-23-15-9-6-14(7-10-15)8-11-16(21)19-20(2)17(24)18-12-5-13-22-3/h6-11H,4-5,12-13H2,1-3H3,(H,18,24)(H,19,21)/b11-8+. The third kappa shape index (κ3) is 7.94. The second-order valence-corrected chi connectivity index (χ2v) is 5.34. The van der Waals surface area contributed by atoms with Crippen LogP contribution >= 0.6 is 12.2 Å². The average Bonchev–Trinajstić information content (AvgIpc) is 2.58. The van der Waals surface area contributed by atoms with Crippen molar-refractivity contribution < 1.29 is 14.3 Å². The number of amides is 1. The van der Waals surface area contributed by atoms with Crippen LogP contribution in [0.2, 0.25) is 0 Å². The fourth-order valence-corrected chi connectivity index (χ4v) is 1.95. The number of rotatable bonds is 8. The van der Waals surface area contributed by atoms with Crippen molar-refractivity contribution in [2.75, 3.05) is 33.9 Å². The maximum Gasteiger partial charge on any atom is 0.262 e. The van der Waals surface area contributed by atoms with Gasteiger partial charge >= 0.3 is 0 Å². The zero-order valence-electron chi connectivity index (χ0n) is 14.4. The van der Waals surface area contributed by atoms with Crippen LogP contribution < -0.4 is 15.5 Å². The summed E-state index contributed by atoms with van der Waals surface area (Å²) < 4.78 is 10.3. The van der Waals surface area contributed by atoms with Crippen LogP contribution in [0.4, 0.5) is 0 Å². The Morgan fingerprint density at radius 2 is 2.04 bits per heavy atom. The fourth-order valence-electron chi connectivity index (χ4n) is 1.80. The normalized spacial score (nSPS) is 10.5. The first-order chi connectivity index (χ1) is 11.6. The number of carbonyl (C=O) groups is 1. The molecule has 0 fully saturated rings. The van der Waals surface area contributed by atoms with Gasteiger partial charge in [0.15, 0.2) is 5.11 Å². The van der Waals surface area contributed by atoms with Gasteiger partial charge in [0.2, 0.25) is 0 Å². The monoisotopic (exact) mass is 351 g/mol. The average molecular weight is 351 g/mol. The van der Waals surface area contributed by atoms with Crippen LogP contribution in [0, 0.1) is 0 Å². The maximum absolute atomic E-state index is 11.9. The Morgan fingerprint density at radius 1 is 1.33 bits per heavy atom. The van der Waals surface area contributed by atoms with Gasteiger partial charge in [0.05, 0.1) is 6.61 Å². The summed E-state index contributed by atoms with van der Waals surface area (Å²) in [4.78, 5) is 11.9. The molecule has 6 nitrogen and oxygen atoms in total. The van der Waals surface area contributed by atoms with Crippen molar-refractivity contribution in [3.63, 3.8) is 0 Å². The molecule has 0 radical (unpaired) electrons. The van der Waals surface area contributed by atoms with Crippen LogP contribution in [-0.4, -0.2) is 49.9 Å². The number of nitrogens with one attached hydrogen (secondary N) is 2. The molecule has 0 aromatic heterocycles. The van der Waals surface area contributed by atoms with Gasteiger partial charge in [0.1, 0.15) is 5.75 Å². The molecule has 0 aliphatic carbocycles. The lowest BCUT2D eigenvalue weighted by Crippen LogP contribution is -2.47. The highest BCUT2D eigenvalue weighted by Gasteiger charge is 2.05. The van der Waals surface area contributed by atoms with Gasteiger partial charge < -0.3 is 14.8 Å². The molecule has 0 spiro atoms. The molecular formula is C17H25N3O3S. The van der Waals surface area contributed by atoms with Crippen molar-refractivity contribution >= 4 is 29.3 Å². The minimum absolute atomic E-state index is 0.257. The molecule has 132 valence electrons. The van der Waals surface area contributed by atoms with Gasteiger partial charge in [0, 0.05) is 33.4 Å². The minimum Gasteiger partial charge on any atom is -0.494 e. The Labute approximate surface area is 148 Å². The van der Waals surface area contributed by atoms with Gasteiger partial charge in [0.25, 0.3) is 5.91 Å². The Bertz CT molecular complexity index is 547. The third-order valence-corrected chi connectivity index (χ3v) is 3.42. The van der Waals surface area contributed by atoms with Gasteiger partial charge in [-0.15, -0.1) is 0 Å². The summed E-state index contributed by atoms with van der Waals surface area (Å²) >= 11 is 5.18. The SMILES string of the molecule is CCOc1ccc(/C=C/C(=O)NN(C)C(=S)NCCCOC)cc1. The summed E-state index contributed by atoms with van der Waals surface area (Å²) in [6, 6.07) is 7.51. The first-order valence-electron chi connectivity index (χ1n) is 7.79. The van der Waals surface area contributed by atoms with E-state index in [1.54, 1.807) is 20.2 Å². The van der Waals surface area contributed by atoms with E-state index in [4.69, 9.17) is 21.7 Å². The molecule has 24 heavy (non-hydrogen) atoms. The molecule has 7 heteroatoms. The van der Waals surface area contributed by atoms with E-state index in [0.717, 1.165) is 17.7 Å². The lowest BCUT2D eigenvalue weighted by atomic mass is 10.2. The Hall–Kier alpha value is -2.12. The number of methoxy groups -OCH3 is 1. The molecule has 0 saturated carbocycles. The molecule has 0 bridgehead atoms. The van der Waals surface area contributed by atoms with E-state index < -0.39 is 0 Å². The van der Waals surface area contributed by atoms with Crippen LogP contribution in [0.3, 0.4) is 0 Å². The number of thiocarbonyl (C=S) groups is 1. The molecule has 1 rings (SSSR count). The second kappa shape index (κ2) is 11.4. The molecule has 0 unspecified atom stereocenters. The van der Waals surface area contributed by atoms with Crippen LogP contribution in [0.15, 0.2) is 30.3 Å². The van der Waals surface area contributed by atoms with Gasteiger partial charge in [-0.3, -0.25) is 15.2 Å². The van der Waals surface area contributed by atoms with Crippen LogP contribution in [-0.2, 0) is 9.53 Å². The largest absolute Gasteiger partial charge is 0.494 e. The van der Waals surface area contributed by atoms with Gasteiger partial charge in [-0.25, -0.2) is 0 Å². The summed E-state index contributed by atoms with van der Waals surface area (Å²) in [6.07, 6.45) is 4.03. The highest BCUT2D eigenvalue weighted by atomic mass is 32.1. The summed E-state index contributed by atoms with van der Waals surface area (Å²) in [5, 5.41) is 4.97. The van der Waals surface area contributed by atoms with E-state index in [-0.39, 0.29) is 5.91 Å². The molecule has 2 N–H and O–H groups in total. The first kappa shape index (κ1) is 19.9. The van der Waals surface area contributed by atoms with Gasteiger partial charge in [-0.05, 0) is 49.3 Å². The number of hydrazine groups is 1. The van der Waals surface area contributed by atoms with E-state index in [1.165, 1.54) is 11.1 Å². The Morgan fingerprint density at radius 3 is 2.67 bits per heavy atom. The number of benzene rings is 1. The smallest absolute Gasteiger partial charge is 0.262 e. The van der Waals surface area contributed by atoms with Crippen molar-refractivity contribution in [3.8, 4) is 5.75 Å². The second-order valence-electron chi connectivity index (χ2n) is 4.95. The number of ether oxygens (including phenoxy) is 2. The highest BCUT2D eigenvalue weighted by molar-refractivity contribution is 7.80. The number of hydrogen-bond acceptors (Lipinski definition) is 4. The molecule has 0 saturated heterocycles. The molecule has 0 heterocycles. The van der Waals surface area contributed by atoms with Crippen molar-refractivity contribution in [2.24, 2.45) is 0 Å².